The van der Waals surface area contributed by atoms with Crippen LogP contribution in [0.4, 0.5) is 10.7 Å². The first-order valence-electron chi connectivity index (χ1n) is 11.0. The van der Waals surface area contributed by atoms with E-state index in [4.69, 9.17) is 9.47 Å². The number of piperidine rings is 1. The van der Waals surface area contributed by atoms with Crippen LogP contribution in [0.15, 0.2) is 42.6 Å². The average Bonchev–Trinajstić information content (AvgIpc) is 2.73. The summed E-state index contributed by atoms with van der Waals surface area (Å²) in [7, 11) is 1.59. The predicted molar refractivity (Wildman–Crippen MR) is 121 cm³/mol. The van der Waals surface area contributed by atoms with Gasteiger partial charge in [0.2, 0.25) is 11.8 Å². The Kier molecular flexibility index (Phi) is 7.36. The average molecular weight is 427 g/mol. The number of carbonyl (C=O) groups excluding carboxylic acids is 1. The third-order valence-corrected chi connectivity index (χ3v) is 5.46. The Morgan fingerprint density at radius 1 is 1.16 bits per heavy atom. The summed E-state index contributed by atoms with van der Waals surface area (Å²) in [5.74, 6) is 1.07. The van der Waals surface area contributed by atoms with Crippen molar-refractivity contribution >= 4 is 12.0 Å². The molecule has 1 aromatic carbocycles. The SMILES string of the molecule is CCC1CC(Nc2nccc(OC)n2)CC(Cc2ccccc2)N1C(=O)OC(C)(C)C. The molecule has 0 bridgehead atoms. The molecule has 3 rings (SSSR count). The predicted octanol–water partition coefficient (Wildman–Crippen LogP) is 4.69. The molecule has 1 N–H and O–H groups in total. The molecule has 2 aromatic rings. The van der Waals surface area contributed by atoms with Gasteiger partial charge in [-0.3, -0.25) is 0 Å². The number of hydrogen-bond donors (Lipinski definition) is 1. The molecule has 7 nitrogen and oxygen atoms in total. The number of hydrogen-bond acceptors (Lipinski definition) is 6. The van der Waals surface area contributed by atoms with Crippen LogP contribution in [-0.2, 0) is 11.2 Å². The number of likely N-dealkylation sites (tertiary alicyclic amines) is 1. The lowest BCUT2D eigenvalue weighted by Crippen LogP contribution is -2.56. The van der Waals surface area contributed by atoms with Gasteiger partial charge in [0, 0.05) is 30.4 Å². The monoisotopic (exact) mass is 426 g/mol. The lowest BCUT2D eigenvalue weighted by Gasteiger charge is -2.45. The summed E-state index contributed by atoms with van der Waals surface area (Å²) in [6.45, 7) is 7.84. The van der Waals surface area contributed by atoms with Crippen molar-refractivity contribution in [2.75, 3.05) is 12.4 Å². The molecule has 1 aliphatic rings. The zero-order chi connectivity index (χ0) is 22.4. The molecule has 0 spiro atoms. The first-order chi connectivity index (χ1) is 14.8. The zero-order valence-corrected chi connectivity index (χ0v) is 19.2. The molecule has 0 saturated carbocycles. The quantitative estimate of drug-likeness (QED) is 0.722. The minimum atomic E-state index is -0.532. The third-order valence-electron chi connectivity index (χ3n) is 5.46. The summed E-state index contributed by atoms with van der Waals surface area (Å²) in [4.78, 5) is 23.9. The molecule has 0 aliphatic carbocycles. The van der Waals surface area contributed by atoms with Crippen LogP contribution >= 0.6 is 0 Å². The van der Waals surface area contributed by atoms with E-state index in [0.29, 0.717) is 11.8 Å². The molecule has 1 aliphatic heterocycles. The van der Waals surface area contributed by atoms with E-state index in [1.54, 1.807) is 19.4 Å². The Bertz CT molecular complexity index is 853. The van der Waals surface area contributed by atoms with Crippen LogP contribution in [0.5, 0.6) is 5.88 Å². The highest BCUT2D eigenvalue weighted by molar-refractivity contribution is 5.69. The standard InChI is InChI=1S/C24H34N4O3/c1-6-19-15-18(26-22-25-13-12-21(27-22)30-5)16-20(14-17-10-8-7-9-11-17)28(19)23(29)31-24(2,3)4/h7-13,18-20H,6,14-16H2,1-5H3,(H,25,26,27). The molecule has 31 heavy (non-hydrogen) atoms. The molecule has 0 radical (unpaired) electrons. The number of aromatic nitrogens is 2. The molecule has 3 atom stereocenters. The van der Waals surface area contributed by atoms with Gasteiger partial charge in [0.1, 0.15) is 5.60 Å². The van der Waals surface area contributed by atoms with E-state index in [9.17, 15) is 4.79 Å². The van der Waals surface area contributed by atoms with Crippen LogP contribution in [0, 0.1) is 0 Å². The highest BCUT2D eigenvalue weighted by Gasteiger charge is 2.40. The zero-order valence-electron chi connectivity index (χ0n) is 19.2. The van der Waals surface area contributed by atoms with E-state index in [1.165, 1.54) is 5.56 Å². The van der Waals surface area contributed by atoms with E-state index >= 15 is 0 Å². The smallest absolute Gasteiger partial charge is 0.410 e. The Balaban J connectivity index is 1.84. The van der Waals surface area contributed by atoms with E-state index in [2.05, 4.69) is 34.3 Å². The largest absolute Gasteiger partial charge is 0.481 e. The van der Waals surface area contributed by atoms with Crippen molar-refractivity contribution in [2.24, 2.45) is 0 Å². The van der Waals surface area contributed by atoms with Crippen LogP contribution in [-0.4, -0.2) is 51.8 Å². The third kappa shape index (κ3) is 6.32. The van der Waals surface area contributed by atoms with Crippen LogP contribution in [0.1, 0.15) is 52.5 Å². The van der Waals surface area contributed by atoms with E-state index in [0.717, 1.165) is 25.7 Å². The normalized spacial score (nSPS) is 21.5. The van der Waals surface area contributed by atoms with Crippen molar-refractivity contribution in [3.8, 4) is 5.88 Å². The number of anilines is 1. The summed E-state index contributed by atoms with van der Waals surface area (Å²) in [6.07, 6.45) is 4.65. The summed E-state index contributed by atoms with van der Waals surface area (Å²) in [6, 6.07) is 12.2. The Morgan fingerprint density at radius 2 is 1.87 bits per heavy atom. The van der Waals surface area contributed by atoms with Gasteiger partial charge in [0.15, 0.2) is 0 Å². The molecular formula is C24H34N4O3. The highest BCUT2D eigenvalue weighted by Crippen LogP contribution is 2.31. The highest BCUT2D eigenvalue weighted by atomic mass is 16.6. The van der Waals surface area contributed by atoms with Gasteiger partial charge in [-0.2, -0.15) is 4.98 Å². The van der Waals surface area contributed by atoms with Crippen molar-refractivity contribution in [1.82, 2.24) is 14.9 Å². The van der Waals surface area contributed by atoms with Crippen molar-refractivity contribution in [2.45, 2.75) is 77.1 Å². The summed E-state index contributed by atoms with van der Waals surface area (Å²) < 4.78 is 11.0. The second-order valence-electron chi connectivity index (χ2n) is 9.03. The fourth-order valence-electron chi connectivity index (χ4n) is 4.15. The lowest BCUT2D eigenvalue weighted by atomic mass is 9.87. The summed E-state index contributed by atoms with van der Waals surface area (Å²) in [5, 5.41) is 3.46. The van der Waals surface area contributed by atoms with Gasteiger partial charge in [0.05, 0.1) is 7.11 Å². The van der Waals surface area contributed by atoms with E-state index in [1.807, 2.05) is 43.9 Å². The van der Waals surface area contributed by atoms with E-state index in [-0.39, 0.29) is 24.2 Å². The topological polar surface area (TPSA) is 76.6 Å². The van der Waals surface area contributed by atoms with Crippen LogP contribution < -0.4 is 10.1 Å². The van der Waals surface area contributed by atoms with Crippen molar-refractivity contribution in [3.05, 3.63) is 48.2 Å². The van der Waals surface area contributed by atoms with Crippen LogP contribution in [0.25, 0.3) is 0 Å². The van der Waals surface area contributed by atoms with Gasteiger partial charge in [0.25, 0.3) is 0 Å². The summed E-state index contributed by atoms with van der Waals surface area (Å²) >= 11 is 0. The number of nitrogens with zero attached hydrogens (tertiary/aromatic N) is 3. The minimum Gasteiger partial charge on any atom is -0.481 e. The molecule has 3 unspecified atom stereocenters. The fraction of sp³-hybridized carbons (Fsp3) is 0.542. The maximum atomic E-state index is 13.2. The lowest BCUT2D eigenvalue weighted by molar-refractivity contribution is -0.00745. The first kappa shape index (κ1) is 22.8. The number of rotatable bonds is 6. The van der Waals surface area contributed by atoms with Crippen molar-refractivity contribution in [3.63, 3.8) is 0 Å². The number of nitrogens with one attached hydrogen (secondary N) is 1. The number of ether oxygens (including phenoxy) is 2. The second kappa shape index (κ2) is 9.98. The number of methoxy groups -OCH3 is 1. The molecule has 1 saturated heterocycles. The van der Waals surface area contributed by atoms with Crippen molar-refractivity contribution < 1.29 is 14.3 Å². The number of carbonyl (C=O) groups is 1. The molecule has 1 amide bonds. The van der Waals surface area contributed by atoms with Gasteiger partial charge >= 0.3 is 6.09 Å². The summed E-state index contributed by atoms with van der Waals surface area (Å²) in [5.41, 5.74) is 0.671. The molecular weight excluding hydrogens is 392 g/mol. The van der Waals surface area contributed by atoms with Gasteiger partial charge < -0.3 is 19.7 Å². The van der Waals surface area contributed by atoms with Gasteiger partial charge in [-0.05, 0) is 52.0 Å². The van der Waals surface area contributed by atoms with E-state index < -0.39 is 5.60 Å². The molecule has 7 heteroatoms. The molecule has 1 fully saturated rings. The van der Waals surface area contributed by atoms with Gasteiger partial charge in [-0.1, -0.05) is 37.3 Å². The molecule has 2 heterocycles. The first-order valence-corrected chi connectivity index (χ1v) is 11.0. The Hall–Kier alpha value is -2.83. The number of amides is 1. The molecule has 1 aromatic heterocycles. The fourth-order valence-corrected chi connectivity index (χ4v) is 4.15. The molecule has 168 valence electrons. The maximum absolute atomic E-state index is 13.2. The maximum Gasteiger partial charge on any atom is 0.410 e. The number of benzene rings is 1. The van der Waals surface area contributed by atoms with Gasteiger partial charge in [-0.25, -0.2) is 9.78 Å². The van der Waals surface area contributed by atoms with Crippen molar-refractivity contribution in [1.29, 1.82) is 0 Å². The van der Waals surface area contributed by atoms with Crippen LogP contribution in [0.3, 0.4) is 0 Å². The van der Waals surface area contributed by atoms with Crippen LogP contribution in [0.2, 0.25) is 0 Å². The Morgan fingerprint density at radius 3 is 2.52 bits per heavy atom. The second-order valence-corrected chi connectivity index (χ2v) is 9.03. The minimum absolute atomic E-state index is 0.0130. The van der Waals surface area contributed by atoms with Gasteiger partial charge in [-0.15, -0.1) is 0 Å². The Labute approximate surface area is 185 Å².